The van der Waals surface area contributed by atoms with Gasteiger partial charge in [0.15, 0.2) is 5.82 Å². The summed E-state index contributed by atoms with van der Waals surface area (Å²) in [6.07, 6.45) is 4.28. The lowest BCUT2D eigenvalue weighted by Crippen LogP contribution is -2.29. The number of halogens is 2. The van der Waals surface area contributed by atoms with Crippen LogP contribution in [0.5, 0.6) is 0 Å². The van der Waals surface area contributed by atoms with Gasteiger partial charge in [-0.15, -0.1) is 0 Å². The van der Waals surface area contributed by atoms with Crippen LogP contribution in [0.15, 0.2) is 36.7 Å². The molecule has 0 bridgehead atoms. The first kappa shape index (κ1) is 18.3. The van der Waals surface area contributed by atoms with Crippen LogP contribution >= 0.6 is 0 Å². The summed E-state index contributed by atoms with van der Waals surface area (Å²) in [5.41, 5.74) is 1.58. The molecule has 138 valence electrons. The molecule has 26 heavy (non-hydrogen) atoms. The van der Waals surface area contributed by atoms with Gasteiger partial charge in [0.2, 0.25) is 10.0 Å². The number of hydrogen-bond acceptors (Lipinski definition) is 3. The number of aryl methyl sites for hydroxylation is 1. The minimum atomic E-state index is -3.86. The number of hydrogen-bond donors (Lipinski definition) is 1. The molecule has 0 amide bonds. The first-order valence-electron chi connectivity index (χ1n) is 8.31. The largest absolute Gasteiger partial charge is 0.346 e. The van der Waals surface area contributed by atoms with Gasteiger partial charge in [0.25, 0.3) is 0 Å². The van der Waals surface area contributed by atoms with E-state index >= 15 is 0 Å². The van der Waals surface area contributed by atoms with E-state index in [4.69, 9.17) is 0 Å². The molecule has 3 rings (SSSR count). The van der Waals surface area contributed by atoms with Crippen molar-refractivity contribution in [2.75, 3.05) is 10.1 Å². The predicted molar refractivity (Wildman–Crippen MR) is 98.0 cm³/mol. The topological polar surface area (TPSA) is 66.1 Å². The number of aromatic nitrogens is 2. The molecule has 0 aliphatic rings. The lowest BCUT2D eigenvalue weighted by atomic mass is 10.1. The van der Waals surface area contributed by atoms with E-state index in [1.54, 1.807) is 13.0 Å². The van der Waals surface area contributed by atoms with Crippen molar-refractivity contribution in [2.24, 2.45) is 0 Å². The first-order valence-corrected chi connectivity index (χ1v) is 9.92. The van der Waals surface area contributed by atoms with Crippen molar-refractivity contribution in [3.63, 3.8) is 0 Å². The molecule has 2 heterocycles. The van der Waals surface area contributed by atoms with Gasteiger partial charge in [-0.05, 0) is 36.6 Å². The summed E-state index contributed by atoms with van der Waals surface area (Å²) in [6.45, 7) is 3.69. The van der Waals surface area contributed by atoms with E-state index in [1.165, 1.54) is 6.20 Å². The smallest absolute Gasteiger partial charge is 0.239 e. The Labute approximate surface area is 150 Å². The second-order valence-corrected chi connectivity index (χ2v) is 7.87. The molecule has 0 radical (unpaired) electrons. The lowest BCUT2D eigenvalue weighted by Gasteiger charge is -2.24. The number of nitrogens with one attached hydrogen (secondary N) is 1. The third-order valence-corrected chi connectivity index (χ3v) is 5.97. The van der Waals surface area contributed by atoms with Gasteiger partial charge in [0.1, 0.15) is 11.5 Å². The number of nitrogens with zero attached hydrogens (tertiary/aromatic N) is 2. The molecule has 1 N–H and O–H groups in total. The number of H-pyrrole nitrogens is 1. The Balaban J connectivity index is 2.23. The van der Waals surface area contributed by atoms with Crippen LogP contribution in [-0.2, 0) is 16.4 Å². The fourth-order valence-electron chi connectivity index (χ4n) is 2.90. The van der Waals surface area contributed by atoms with Crippen LogP contribution in [0.4, 0.5) is 20.2 Å². The number of pyridine rings is 1. The van der Waals surface area contributed by atoms with Crippen LogP contribution in [0.3, 0.4) is 0 Å². The second-order valence-electron chi connectivity index (χ2n) is 5.93. The number of sulfonamides is 1. The van der Waals surface area contributed by atoms with E-state index < -0.39 is 21.7 Å². The molecular weight excluding hydrogens is 360 g/mol. The fraction of sp³-hybridized carbons (Fsp3) is 0.278. The van der Waals surface area contributed by atoms with Crippen molar-refractivity contribution < 1.29 is 17.2 Å². The summed E-state index contributed by atoms with van der Waals surface area (Å²) in [6, 6.07) is 4.49. The average molecular weight is 379 g/mol. The van der Waals surface area contributed by atoms with Crippen LogP contribution < -0.4 is 4.31 Å². The molecular formula is C18H19F2N3O2S. The van der Waals surface area contributed by atoms with Crippen LogP contribution in [0.2, 0.25) is 0 Å². The zero-order valence-corrected chi connectivity index (χ0v) is 15.3. The van der Waals surface area contributed by atoms with Gasteiger partial charge >= 0.3 is 0 Å². The monoisotopic (exact) mass is 379 g/mol. The van der Waals surface area contributed by atoms with Crippen molar-refractivity contribution in [1.29, 1.82) is 0 Å². The fourth-order valence-corrected chi connectivity index (χ4v) is 4.46. The Bertz CT molecular complexity index is 1050. The van der Waals surface area contributed by atoms with Crippen LogP contribution in [-0.4, -0.2) is 24.1 Å². The van der Waals surface area contributed by atoms with Crippen LogP contribution in [0.1, 0.15) is 25.8 Å². The number of benzene rings is 1. The number of anilines is 2. The summed E-state index contributed by atoms with van der Waals surface area (Å²) < 4.78 is 54.2. The van der Waals surface area contributed by atoms with Gasteiger partial charge in [0, 0.05) is 17.6 Å². The van der Waals surface area contributed by atoms with Gasteiger partial charge in [-0.25, -0.2) is 26.5 Å². The third kappa shape index (κ3) is 3.29. The quantitative estimate of drug-likeness (QED) is 0.695. The highest BCUT2D eigenvalue weighted by atomic mass is 32.2. The lowest BCUT2D eigenvalue weighted by molar-refractivity contribution is 0.578. The van der Waals surface area contributed by atoms with Gasteiger partial charge in [-0.2, -0.15) is 0 Å². The zero-order chi connectivity index (χ0) is 18.9. The van der Waals surface area contributed by atoms with Crippen LogP contribution in [0.25, 0.3) is 11.0 Å². The highest BCUT2D eigenvalue weighted by Crippen LogP contribution is 2.33. The molecule has 2 aromatic heterocycles. The van der Waals surface area contributed by atoms with E-state index in [0.717, 1.165) is 33.8 Å². The highest BCUT2D eigenvalue weighted by Gasteiger charge is 2.27. The first-order chi connectivity index (χ1) is 12.4. The molecule has 1 aromatic carbocycles. The van der Waals surface area contributed by atoms with Gasteiger partial charge < -0.3 is 4.98 Å². The number of aromatic amines is 1. The normalized spacial score (nSPS) is 11.8. The standard InChI is InChI=1S/C18H19F2N3O2S/c1-3-7-26(24,25)23(17-6-5-13(19)8-16(17)20)14-9-15-12(4-2)10-21-18(15)22-11-14/h5-6,8-11H,3-4,7H2,1-2H3,(H,21,22). The summed E-state index contributed by atoms with van der Waals surface area (Å²) >= 11 is 0. The van der Waals surface area contributed by atoms with Gasteiger partial charge in [-0.3, -0.25) is 0 Å². The Morgan fingerprint density at radius 1 is 1.19 bits per heavy atom. The maximum Gasteiger partial charge on any atom is 0.239 e. The van der Waals surface area contributed by atoms with Crippen molar-refractivity contribution in [1.82, 2.24) is 9.97 Å². The van der Waals surface area contributed by atoms with Crippen molar-refractivity contribution in [3.8, 4) is 0 Å². The third-order valence-electron chi connectivity index (χ3n) is 4.09. The average Bonchev–Trinajstić information content (AvgIpc) is 2.99. The maximum absolute atomic E-state index is 14.4. The minimum absolute atomic E-state index is 0.171. The molecule has 0 saturated heterocycles. The Hall–Kier alpha value is -2.48. The van der Waals surface area contributed by atoms with E-state index in [0.29, 0.717) is 18.1 Å². The molecule has 0 atom stereocenters. The number of fused-ring (bicyclic) bond motifs is 1. The second kappa shape index (κ2) is 7.03. The SMILES string of the molecule is CCCS(=O)(=O)N(c1cnc2[nH]cc(CC)c2c1)c1ccc(F)cc1F. The molecule has 0 saturated carbocycles. The summed E-state index contributed by atoms with van der Waals surface area (Å²) in [7, 11) is -3.86. The van der Waals surface area contributed by atoms with Crippen molar-refractivity contribution in [2.45, 2.75) is 26.7 Å². The Morgan fingerprint density at radius 3 is 2.62 bits per heavy atom. The zero-order valence-electron chi connectivity index (χ0n) is 14.5. The van der Waals surface area contributed by atoms with Gasteiger partial charge in [0.05, 0.1) is 23.3 Å². The van der Waals surface area contributed by atoms with Crippen LogP contribution in [0, 0.1) is 11.6 Å². The molecule has 3 aromatic rings. The van der Waals surface area contributed by atoms with E-state index in [1.807, 2.05) is 13.1 Å². The van der Waals surface area contributed by atoms with Gasteiger partial charge in [-0.1, -0.05) is 13.8 Å². The molecule has 8 heteroatoms. The summed E-state index contributed by atoms with van der Waals surface area (Å²) in [4.78, 5) is 7.28. The molecule has 0 unspecified atom stereocenters. The predicted octanol–water partition coefficient (Wildman–Crippen LogP) is 4.28. The molecule has 0 aliphatic heterocycles. The Morgan fingerprint density at radius 2 is 1.96 bits per heavy atom. The van der Waals surface area contributed by atoms with Crippen molar-refractivity contribution in [3.05, 3.63) is 53.9 Å². The van der Waals surface area contributed by atoms with Crippen molar-refractivity contribution >= 4 is 32.4 Å². The Kier molecular flexibility index (Phi) is 4.95. The molecule has 0 aliphatic carbocycles. The maximum atomic E-state index is 14.4. The minimum Gasteiger partial charge on any atom is -0.346 e. The van der Waals surface area contributed by atoms with E-state index in [-0.39, 0.29) is 17.1 Å². The molecule has 5 nitrogen and oxygen atoms in total. The molecule has 0 spiro atoms. The van der Waals surface area contributed by atoms with E-state index in [9.17, 15) is 17.2 Å². The summed E-state index contributed by atoms with van der Waals surface area (Å²) in [5.74, 6) is -1.89. The molecule has 0 fully saturated rings. The highest BCUT2D eigenvalue weighted by molar-refractivity contribution is 7.93. The summed E-state index contributed by atoms with van der Waals surface area (Å²) in [5, 5.41) is 0.768. The number of rotatable bonds is 6. The van der Waals surface area contributed by atoms with E-state index in [2.05, 4.69) is 9.97 Å².